The molecule has 0 spiro atoms. The van der Waals surface area contributed by atoms with Crippen molar-refractivity contribution >= 4 is 29.2 Å². The first-order valence-corrected chi connectivity index (χ1v) is 15.2. The standard InChI is InChI=1S/C36H28N4O3S/c41-35-32(21-28-18-10-11-19-31(28)40(42)43)44-36-37-33-29(20-25-12-4-1-5-13-25)23-38(22-26-14-6-2-7-15-26)24-30(33)34(39(35)36)27-16-8-3-9-17-27/h1-21,34H,22-24H2/b29-20-,32-21+. The van der Waals surface area contributed by atoms with Gasteiger partial charge in [0.25, 0.3) is 11.2 Å². The molecule has 1 atom stereocenters. The summed E-state index contributed by atoms with van der Waals surface area (Å²) in [4.78, 5) is 33.6. The van der Waals surface area contributed by atoms with Gasteiger partial charge in [0, 0.05) is 25.7 Å². The van der Waals surface area contributed by atoms with Crippen LogP contribution in [-0.4, -0.2) is 27.5 Å². The second kappa shape index (κ2) is 11.8. The van der Waals surface area contributed by atoms with E-state index in [9.17, 15) is 14.9 Å². The summed E-state index contributed by atoms with van der Waals surface area (Å²) in [6.45, 7) is 2.11. The maximum atomic E-state index is 14.2. The van der Waals surface area contributed by atoms with Crippen LogP contribution in [-0.2, 0) is 6.54 Å². The van der Waals surface area contributed by atoms with Crippen LogP contribution in [0.3, 0.4) is 0 Å². The van der Waals surface area contributed by atoms with Crippen LogP contribution in [0.15, 0.2) is 142 Å². The quantitative estimate of drug-likeness (QED) is 0.185. The van der Waals surface area contributed by atoms with Gasteiger partial charge in [-0.3, -0.25) is 24.4 Å². The molecule has 44 heavy (non-hydrogen) atoms. The Bertz CT molecular complexity index is 2100. The van der Waals surface area contributed by atoms with Crippen LogP contribution < -0.4 is 14.9 Å². The molecule has 8 heteroatoms. The summed E-state index contributed by atoms with van der Waals surface area (Å²) in [6.07, 6.45) is 3.81. The van der Waals surface area contributed by atoms with Crippen molar-refractivity contribution in [1.29, 1.82) is 0 Å². The molecule has 1 aromatic heterocycles. The molecule has 0 amide bonds. The molecular weight excluding hydrogens is 568 g/mol. The third-order valence-corrected chi connectivity index (χ3v) is 8.94. The van der Waals surface area contributed by atoms with Gasteiger partial charge in [0.05, 0.1) is 26.8 Å². The minimum atomic E-state index is -0.420. The van der Waals surface area contributed by atoms with E-state index in [0.717, 1.165) is 34.5 Å². The number of hydrogen-bond donors (Lipinski definition) is 0. The summed E-state index contributed by atoms with van der Waals surface area (Å²) in [5.74, 6) is 0. The monoisotopic (exact) mass is 596 g/mol. The van der Waals surface area contributed by atoms with Crippen LogP contribution in [0.2, 0.25) is 0 Å². The van der Waals surface area contributed by atoms with Crippen molar-refractivity contribution in [2.24, 2.45) is 4.99 Å². The fourth-order valence-corrected chi connectivity index (χ4v) is 7.01. The Morgan fingerprint density at radius 3 is 2.23 bits per heavy atom. The van der Waals surface area contributed by atoms with Gasteiger partial charge in [-0.05, 0) is 46.1 Å². The molecule has 5 aromatic rings. The first kappa shape index (κ1) is 27.6. The Balaban J connectivity index is 1.44. The molecule has 7 rings (SSSR count). The van der Waals surface area contributed by atoms with Crippen LogP contribution in [0, 0.1) is 10.1 Å². The zero-order valence-corrected chi connectivity index (χ0v) is 24.6. The van der Waals surface area contributed by atoms with E-state index in [0.29, 0.717) is 28.0 Å². The van der Waals surface area contributed by atoms with Crippen LogP contribution >= 0.6 is 11.3 Å². The Hall–Kier alpha value is -5.18. The topological polar surface area (TPSA) is 80.7 Å². The van der Waals surface area contributed by atoms with Crippen molar-refractivity contribution in [1.82, 2.24) is 9.47 Å². The van der Waals surface area contributed by atoms with Gasteiger partial charge in [-0.25, -0.2) is 4.99 Å². The molecular formula is C36H28N4O3S. The van der Waals surface area contributed by atoms with Gasteiger partial charge < -0.3 is 0 Å². The molecule has 0 saturated heterocycles. The largest absolute Gasteiger partial charge is 0.291 e. The molecule has 0 saturated carbocycles. The first-order valence-electron chi connectivity index (χ1n) is 14.4. The highest BCUT2D eigenvalue weighted by molar-refractivity contribution is 7.07. The molecule has 2 aliphatic rings. The average Bonchev–Trinajstić information content (AvgIpc) is 3.35. The lowest BCUT2D eigenvalue weighted by molar-refractivity contribution is -0.385. The molecule has 4 aromatic carbocycles. The fraction of sp³-hybridized carbons (Fsp3) is 0.111. The molecule has 7 nitrogen and oxygen atoms in total. The Morgan fingerprint density at radius 2 is 1.50 bits per heavy atom. The highest BCUT2D eigenvalue weighted by Crippen LogP contribution is 2.37. The van der Waals surface area contributed by atoms with E-state index in [1.165, 1.54) is 23.0 Å². The third-order valence-electron chi connectivity index (χ3n) is 7.95. The molecule has 0 radical (unpaired) electrons. The number of nitro groups is 1. The lowest BCUT2D eigenvalue weighted by Crippen LogP contribution is -2.43. The molecule has 216 valence electrons. The summed E-state index contributed by atoms with van der Waals surface area (Å²) in [6, 6.07) is 36.8. The summed E-state index contributed by atoms with van der Waals surface area (Å²) in [5.41, 5.74) is 6.50. The fourth-order valence-electron chi connectivity index (χ4n) is 6.02. The minimum absolute atomic E-state index is 0.0399. The van der Waals surface area contributed by atoms with Crippen molar-refractivity contribution in [2.75, 3.05) is 13.1 Å². The zero-order chi connectivity index (χ0) is 30.0. The normalized spacial score (nSPS) is 17.7. The Morgan fingerprint density at radius 1 is 0.841 bits per heavy atom. The van der Waals surface area contributed by atoms with Crippen LogP contribution in [0.1, 0.15) is 28.3 Å². The maximum Gasteiger partial charge on any atom is 0.276 e. The van der Waals surface area contributed by atoms with E-state index in [1.807, 2.05) is 42.5 Å². The molecule has 3 heterocycles. The number of benzene rings is 4. The van der Waals surface area contributed by atoms with Gasteiger partial charge in [-0.15, -0.1) is 0 Å². The van der Waals surface area contributed by atoms with Crippen molar-refractivity contribution in [2.45, 2.75) is 12.6 Å². The van der Waals surface area contributed by atoms with Gasteiger partial charge in [0.1, 0.15) is 0 Å². The highest BCUT2D eigenvalue weighted by atomic mass is 32.1. The smallest absolute Gasteiger partial charge is 0.276 e. The predicted octanol–water partition coefficient (Wildman–Crippen LogP) is 5.72. The van der Waals surface area contributed by atoms with Crippen molar-refractivity contribution < 1.29 is 4.92 Å². The molecule has 0 bridgehead atoms. The van der Waals surface area contributed by atoms with E-state index < -0.39 is 4.92 Å². The molecule has 0 N–H and O–H groups in total. The van der Waals surface area contributed by atoms with Gasteiger partial charge in [0.15, 0.2) is 4.80 Å². The van der Waals surface area contributed by atoms with Crippen molar-refractivity contribution in [3.05, 3.63) is 184 Å². The Labute approximate surface area is 257 Å². The van der Waals surface area contributed by atoms with Gasteiger partial charge >= 0.3 is 0 Å². The van der Waals surface area contributed by atoms with E-state index in [4.69, 9.17) is 4.99 Å². The summed E-state index contributed by atoms with van der Waals surface area (Å²) in [7, 11) is 0. The van der Waals surface area contributed by atoms with E-state index >= 15 is 0 Å². The first-order chi connectivity index (χ1) is 21.5. The van der Waals surface area contributed by atoms with Crippen molar-refractivity contribution in [3.8, 4) is 0 Å². The SMILES string of the molecule is O=c1/c(=C\c2ccccc2[N+](=O)[O-])sc2n1C(c1ccccc1)C1=C(N=2)/C(=C\c2ccccc2)CN(Cc2ccccc2)C1. The second-order valence-corrected chi connectivity index (χ2v) is 11.9. The number of rotatable bonds is 6. The lowest BCUT2D eigenvalue weighted by Gasteiger charge is -2.37. The zero-order valence-electron chi connectivity index (χ0n) is 23.7. The van der Waals surface area contributed by atoms with Gasteiger partial charge in [-0.1, -0.05) is 114 Å². The van der Waals surface area contributed by atoms with E-state index in [2.05, 4.69) is 59.5 Å². The highest BCUT2D eigenvalue weighted by Gasteiger charge is 2.34. The molecule has 1 unspecified atom stereocenters. The van der Waals surface area contributed by atoms with Gasteiger partial charge in [0.2, 0.25) is 0 Å². The number of para-hydroxylation sites is 1. The van der Waals surface area contributed by atoms with E-state index in [1.54, 1.807) is 28.8 Å². The van der Waals surface area contributed by atoms with Crippen LogP contribution in [0.5, 0.6) is 0 Å². The molecule has 0 aliphatic carbocycles. The predicted molar refractivity (Wildman–Crippen MR) is 174 cm³/mol. The number of aromatic nitrogens is 1. The van der Waals surface area contributed by atoms with Gasteiger partial charge in [-0.2, -0.15) is 0 Å². The number of nitro benzene ring substituents is 1. The molecule has 2 aliphatic heterocycles. The third kappa shape index (κ3) is 5.37. The lowest BCUT2D eigenvalue weighted by atomic mass is 9.89. The number of thiazole rings is 1. The van der Waals surface area contributed by atoms with Crippen LogP contribution in [0.4, 0.5) is 5.69 Å². The Kier molecular flexibility index (Phi) is 7.43. The van der Waals surface area contributed by atoms with Crippen LogP contribution in [0.25, 0.3) is 12.2 Å². The number of nitrogens with zero attached hydrogens (tertiary/aromatic N) is 4. The molecule has 0 fully saturated rings. The number of hydrogen-bond acceptors (Lipinski definition) is 6. The maximum absolute atomic E-state index is 14.2. The number of fused-ring (bicyclic) bond motifs is 1. The summed E-state index contributed by atoms with van der Waals surface area (Å²) in [5, 5.41) is 11.7. The minimum Gasteiger partial charge on any atom is -0.291 e. The summed E-state index contributed by atoms with van der Waals surface area (Å²) < 4.78 is 2.18. The second-order valence-electron chi connectivity index (χ2n) is 10.9. The van der Waals surface area contributed by atoms with Crippen molar-refractivity contribution in [3.63, 3.8) is 0 Å². The summed E-state index contributed by atoms with van der Waals surface area (Å²) >= 11 is 1.27. The van der Waals surface area contributed by atoms with E-state index in [-0.39, 0.29) is 17.3 Å². The average molecular weight is 597 g/mol.